The molecule has 0 atom stereocenters. The van der Waals surface area contributed by atoms with Crippen molar-refractivity contribution in [3.63, 3.8) is 0 Å². The van der Waals surface area contributed by atoms with Gasteiger partial charge >= 0.3 is 0 Å². The summed E-state index contributed by atoms with van der Waals surface area (Å²) in [5, 5.41) is 2.53. The monoisotopic (exact) mass is 1060 g/mol. The van der Waals surface area contributed by atoms with Crippen LogP contribution in [0.5, 0.6) is 0 Å². The molecule has 0 aliphatic carbocycles. The molecule has 0 amide bonds. The van der Waals surface area contributed by atoms with E-state index in [9.17, 15) is 0 Å². The van der Waals surface area contributed by atoms with Gasteiger partial charge in [-0.25, -0.2) is 0 Å². The summed E-state index contributed by atoms with van der Waals surface area (Å²) in [5.74, 6) is 0. The molecule has 0 unspecified atom stereocenters. The van der Waals surface area contributed by atoms with Crippen molar-refractivity contribution in [1.82, 2.24) is 4.57 Å². The first-order valence-electron chi connectivity index (χ1n) is 29.2. The van der Waals surface area contributed by atoms with Crippen LogP contribution in [0.4, 0.5) is 34.1 Å². The van der Waals surface area contributed by atoms with Gasteiger partial charge in [-0.05, 0) is 143 Å². The highest BCUT2D eigenvalue weighted by Crippen LogP contribution is 2.51. The molecule has 3 heterocycles. The van der Waals surface area contributed by atoms with Crippen molar-refractivity contribution in [2.45, 2.75) is 78.6 Å². The average molecular weight is 1060 g/mol. The van der Waals surface area contributed by atoms with Crippen LogP contribution in [-0.2, 0) is 16.2 Å². The largest absolute Gasteiger partial charge is 0.311 e. The lowest BCUT2D eigenvalue weighted by atomic mass is 9.33. The van der Waals surface area contributed by atoms with Crippen LogP contribution < -0.4 is 26.2 Å². The summed E-state index contributed by atoms with van der Waals surface area (Å²) in [4.78, 5) is 5.23. The Morgan fingerprint density at radius 2 is 0.707 bits per heavy atom. The number of rotatable bonds is 7. The molecule has 11 aromatic carbocycles. The Bertz CT molecular complexity index is 4370. The minimum absolute atomic E-state index is 0.0373. The Labute approximate surface area is 484 Å². The third kappa shape index (κ3) is 8.49. The summed E-state index contributed by atoms with van der Waals surface area (Å²) in [7, 11) is 0. The van der Waals surface area contributed by atoms with E-state index in [0.717, 1.165) is 28.4 Å². The van der Waals surface area contributed by atoms with Crippen molar-refractivity contribution in [2.24, 2.45) is 0 Å². The number of hydrogen-bond donors (Lipinski definition) is 0. The molecule has 0 spiro atoms. The van der Waals surface area contributed by atoms with Crippen LogP contribution in [-0.4, -0.2) is 11.3 Å². The highest BCUT2D eigenvalue weighted by Gasteiger charge is 2.45. The predicted octanol–water partition coefficient (Wildman–Crippen LogP) is 19.4. The Balaban J connectivity index is 1.16. The van der Waals surface area contributed by atoms with Crippen LogP contribution in [0.2, 0.25) is 0 Å². The fraction of sp³-hybridized carbons (Fsp3) is 0.154. The second-order valence-electron chi connectivity index (χ2n) is 25.8. The van der Waals surface area contributed by atoms with Gasteiger partial charge in [-0.2, -0.15) is 0 Å². The number of nitrogens with zero attached hydrogens (tertiary/aromatic N) is 3. The van der Waals surface area contributed by atoms with Gasteiger partial charge in [-0.1, -0.05) is 250 Å². The predicted molar refractivity (Wildman–Crippen MR) is 353 cm³/mol. The van der Waals surface area contributed by atoms with Crippen molar-refractivity contribution < 1.29 is 0 Å². The summed E-state index contributed by atoms with van der Waals surface area (Å²) in [6.45, 7) is 20.8. The molecule has 0 bridgehead atoms. The standard InChI is InChI=1S/C78H68BN3/c1-76(2,3)56-39-43-69-62(47-56)63-48-57(77(4,5)6)40-44-70(63)80(69)58-49-73-75-74(50-58)82(68-36-24-21-33-61(68)53-29-17-12-18-30-53)72-42-38-55(59-31-19-22-34-64(59)78(7,8)9)46-66(72)79(75)65-45-54(51-25-13-10-14-26-51)37-41-71(65)81(73)67-35-23-20-32-60(67)52-27-15-11-16-28-52/h10-50H,1-9H3. The van der Waals surface area contributed by atoms with E-state index in [1.165, 1.54) is 111 Å². The molecule has 0 N–H and O–H groups in total. The van der Waals surface area contributed by atoms with E-state index in [4.69, 9.17) is 0 Å². The molecule has 398 valence electrons. The molecule has 0 fully saturated rings. The second-order valence-corrected chi connectivity index (χ2v) is 25.8. The maximum atomic E-state index is 2.62. The highest BCUT2D eigenvalue weighted by atomic mass is 15.2. The average Bonchev–Trinajstić information content (AvgIpc) is 1.31. The SMILES string of the molecule is CC(C)(C)c1ccc2c(c1)c1cc(C(C)(C)C)ccc1n2-c1cc2c3c(c1)N(c1ccccc1-c1ccccc1)c1ccc(-c4ccccc4C(C)(C)C)cc1B3c1cc(-c3ccccc3)ccc1N2c1ccccc1-c1ccccc1. The van der Waals surface area contributed by atoms with Gasteiger partial charge in [-0.3, -0.25) is 0 Å². The first-order valence-corrected chi connectivity index (χ1v) is 29.2. The lowest BCUT2D eigenvalue weighted by molar-refractivity contribution is 0.590. The number of para-hydroxylation sites is 2. The summed E-state index contributed by atoms with van der Waals surface area (Å²) in [6, 6.07) is 94.1. The van der Waals surface area contributed by atoms with E-state index in [1.807, 2.05) is 0 Å². The number of aromatic nitrogens is 1. The van der Waals surface area contributed by atoms with Crippen LogP contribution in [0.3, 0.4) is 0 Å². The zero-order chi connectivity index (χ0) is 56.2. The van der Waals surface area contributed by atoms with Gasteiger partial charge in [0.15, 0.2) is 0 Å². The molecule has 1 aromatic heterocycles. The minimum Gasteiger partial charge on any atom is -0.311 e. The van der Waals surface area contributed by atoms with Gasteiger partial charge in [-0.15, -0.1) is 0 Å². The quantitative estimate of drug-likeness (QED) is 0.147. The van der Waals surface area contributed by atoms with Crippen LogP contribution in [0.25, 0.3) is 72.0 Å². The number of anilines is 6. The summed E-state index contributed by atoms with van der Waals surface area (Å²) in [6.07, 6.45) is 0. The van der Waals surface area contributed by atoms with E-state index in [0.29, 0.717) is 0 Å². The summed E-state index contributed by atoms with van der Waals surface area (Å²) in [5.41, 5.74) is 27.6. The molecule has 4 heteroatoms. The molecule has 0 saturated heterocycles. The van der Waals surface area contributed by atoms with Crippen molar-refractivity contribution >= 4 is 79.0 Å². The van der Waals surface area contributed by atoms with Crippen LogP contribution in [0.1, 0.15) is 79.0 Å². The van der Waals surface area contributed by atoms with Gasteiger partial charge < -0.3 is 14.4 Å². The van der Waals surface area contributed by atoms with Gasteiger partial charge in [0.05, 0.1) is 28.1 Å². The van der Waals surface area contributed by atoms with E-state index >= 15 is 0 Å². The molecule has 82 heavy (non-hydrogen) atoms. The van der Waals surface area contributed by atoms with Crippen LogP contribution in [0, 0.1) is 0 Å². The molecular weight excluding hydrogens is 990 g/mol. The molecule has 12 aromatic rings. The van der Waals surface area contributed by atoms with Gasteiger partial charge in [0.1, 0.15) is 0 Å². The second kappa shape index (κ2) is 19.3. The zero-order valence-electron chi connectivity index (χ0n) is 48.6. The van der Waals surface area contributed by atoms with Gasteiger partial charge in [0.25, 0.3) is 6.71 Å². The number of fused-ring (bicyclic) bond motifs is 7. The van der Waals surface area contributed by atoms with Gasteiger partial charge in [0, 0.05) is 44.6 Å². The van der Waals surface area contributed by atoms with Crippen molar-refractivity contribution in [2.75, 3.05) is 9.80 Å². The first kappa shape index (κ1) is 51.1. The lowest BCUT2D eigenvalue weighted by Crippen LogP contribution is -2.61. The zero-order valence-corrected chi connectivity index (χ0v) is 48.6. The normalized spacial score (nSPS) is 13.1. The van der Waals surface area contributed by atoms with Crippen molar-refractivity contribution in [3.8, 4) is 50.2 Å². The Hall–Kier alpha value is -9.12. The molecule has 2 aliphatic heterocycles. The number of benzene rings is 11. The molecule has 3 nitrogen and oxygen atoms in total. The molecular formula is C78H68BN3. The Morgan fingerprint density at radius 3 is 1.18 bits per heavy atom. The Morgan fingerprint density at radius 1 is 0.293 bits per heavy atom. The fourth-order valence-corrected chi connectivity index (χ4v) is 13.3. The third-order valence-corrected chi connectivity index (χ3v) is 17.4. The molecule has 0 saturated carbocycles. The third-order valence-electron chi connectivity index (χ3n) is 17.4. The molecule has 2 aliphatic rings. The summed E-state index contributed by atoms with van der Waals surface area (Å²) < 4.78 is 2.56. The topological polar surface area (TPSA) is 11.4 Å². The highest BCUT2D eigenvalue weighted by molar-refractivity contribution is 7.00. The minimum atomic E-state index is -0.156. The first-order chi connectivity index (χ1) is 39.6. The van der Waals surface area contributed by atoms with Crippen molar-refractivity contribution in [1.29, 1.82) is 0 Å². The summed E-state index contributed by atoms with van der Waals surface area (Å²) >= 11 is 0. The van der Waals surface area contributed by atoms with Crippen LogP contribution in [0.15, 0.2) is 249 Å². The molecule has 14 rings (SSSR count). The van der Waals surface area contributed by atoms with E-state index in [2.05, 4.69) is 325 Å². The number of hydrogen-bond acceptors (Lipinski definition) is 2. The smallest absolute Gasteiger partial charge is 0.252 e. The van der Waals surface area contributed by atoms with E-state index in [1.54, 1.807) is 0 Å². The van der Waals surface area contributed by atoms with E-state index in [-0.39, 0.29) is 23.0 Å². The fourth-order valence-electron chi connectivity index (χ4n) is 13.3. The lowest BCUT2D eigenvalue weighted by Gasteiger charge is -2.45. The van der Waals surface area contributed by atoms with Gasteiger partial charge in [0.2, 0.25) is 0 Å². The Kier molecular flexibility index (Phi) is 12.0. The van der Waals surface area contributed by atoms with Crippen LogP contribution >= 0.6 is 0 Å². The molecule has 0 radical (unpaired) electrons. The van der Waals surface area contributed by atoms with E-state index < -0.39 is 0 Å². The maximum absolute atomic E-state index is 2.62. The maximum Gasteiger partial charge on any atom is 0.252 e. The van der Waals surface area contributed by atoms with Crippen molar-refractivity contribution in [3.05, 3.63) is 265 Å².